The minimum absolute atomic E-state index is 0.0218. The molecule has 0 aromatic carbocycles. The molecular weight excluding hydrogens is 328 g/mol. The number of carbonyl (C=O) groups excluding carboxylic acids is 1. The molecule has 132 valence electrons. The van der Waals surface area contributed by atoms with Crippen molar-refractivity contribution in [2.24, 2.45) is 5.92 Å². The zero-order chi connectivity index (χ0) is 17.9. The molecule has 1 aliphatic rings. The highest BCUT2D eigenvalue weighted by molar-refractivity contribution is 7.91. The van der Waals surface area contributed by atoms with Crippen molar-refractivity contribution >= 4 is 21.7 Å². The lowest BCUT2D eigenvalue weighted by molar-refractivity contribution is 0.0714. The number of nitrogens with two attached hydrogens (primary N) is 1. The van der Waals surface area contributed by atoms with Crippen LogP contribution in [0.25, 0.3) is 0 Å². The highest BCUT2D eigenvalue weighted by Gasteiger charge is 2.35. The summed E-state index contributed by atoms with van der Waals surface area (Å²) in [5.41, 5.74) is 6.64. The largest absolute Gasteiger partial charge is 0.368 e. The van der Waals surface area contributed by atoms with E-state index >= 15 is 0 Å². The van der Waals surface area contributed by atoms with Crippen LogP contribution >= 0.6 is 0 Å². The van der Waals surface area contributed by atoms with E-state index in [9.17, 15) is 13.2 Å². The van der Waals surface area contributed by atoms with E-state index in [-0.39, 0.29) is 41.6 Å². The molecule has 0 aliphatic carbocycles. The minimum atomic E-state index is -3.09. The Morgan fingerprint density at radius 1 is 1.50 bits per heavy atom. The first-order valence-corrected chi connectivity index (χ1v) is 9.79. The van der Waals surface area contributed by atoms with Crippen LogP contribution < -0.4 is 5.73 Å². The molecule has 2 heterocycles. The number of carbonyl (C=O) groups is 1. The van der Waals surface area contributed by atoms with Crippen molar-refractivity contribution in [3.63, 3.8) is 0 Å². The van der Waals surface area contributed by atoms with Gasteiger partial charge in [-0.2, -0.15) is 0 Å². The second kappa shape index (κ2) is 7.29. The van der Waals surface area contributed by atoms with E-state index in [1.807, 2.05) is 13.8 Å². The summed E-state index contributed by atoms with van der Waals surface area (Å²) in [5.74, 6) is 0.159. The quantitative estimate of drug-likeness (QED) is 0.768. The Balaban J connectivity index is 2.29. The summed E-state index contributed by atoms with van der Waals surface area (Å²) in [4.78, 5) is 22.6. The summed E-state index contributed by atoms with van der Waals surface area (Å²) >= 11 is 0. The second-order valence-corrected chi connectivity index (χ2v) is 8.73. The van der Waals surface area contributed by atoms with E-state index in [1.54, 1.807) is 12.1 Å². The Morgan fingerprint density at radius 2 is 2.21 bits per heavy atom. The molecule has 2 N–H and O–H groups in total. The molecule has 24 heavy (non-hydrogen) atoms. The molecule has 1 aliphatic heterocycles. The number of hydrogen-bond acceptors (Lipinski definition) is 6. The third kappa shape index (κ3) is 4.53. The summed E-state index contributed by atoms with van der Waals surface area (Å²) in [6.07, 6.45) is 2.70. The van der Waals surface area contributed by atoms with Crippen LogP contribution in [0, 0.1) is 5.92 Å². The number of rotatable bonds is 6. The number of anilines is 1. The Bertz CT molecular complexity index is 731. The van der Waals surface area contributed by atoms with Crippen LogP contribution in [0.3, 0.4) is 0 Å². The molecule has 8 heteroatoms. The smallest absolute Gasteiger partial charge is 0.273 e. The summed E-state index contributed by atoms with van der Waals surface area (Å²) in [5, 5.41) is 0. The molecular formula is C16H24N4O3S. The van der Waals surface area contributed by atoms with Crippen molar-refractivity contribution in [2.75, 3.05) is 23.8 Å². The molecule has 0 spiro atoms. The predicted molar refractivity (Wildman–Crippen MR) is 93.3 cm³/mol. The maximum Gasteiger partial charge on any atom is 0.273 e. The summed E-state index contributed by atoms with van der Waals surface area (Å²) in [6, 6.07) is 1.28. The Morgan fingerprint density at radius 3 is 2.75 bits per heavy atom. The van der Waals surface area contributed by atoms with Crippen molar-refractivity contribution in [2.45, 2.75) is 32.7 Å². The van der Waals surface area contributed by atoms with Gasteiger partial charge in [-0.05, 0) is 24.8 Å². The molecule has 1 atom stereocenters. The lowest BCUT2D eigenvalue weighted by atomic mass is 10.1. The van der Waals surface area contributed by atoms with Crippen LogP contribution in [0.5, 0.6) is 0 Å². The minimum Gasteiger partial charge on any atom is -0.368 e. The topological polar surface area (TPSA) is 106 Å². The van der Waals surface area contributed by atoms with Gasteiger partial charge in [0.1, 0.15) is 5.69 Å². The van der Waals surface area contributed by atoms with Crippen LogP contribution in [0.1, 0.15) is 36.5 Å². The second-order valence-electron chi connectivity index (χ2n) is 6.50. The SMILES string of the molecule is C=CCN(C(=O)c1cc(CC(C)C)nc(N)n1)C1CCS(=O)(=O)C1. The first kappa shape index (κ1) is 18.4. The highest BCUT2D eigenvalue weighted by Crippen LogP contribution is 2.20. The van der Waals surface area contributed by atoms with Crippen LogP contribution in [0.2, 0.25) is 0 Å². The molecule has 1 aromatic heterocycles. The molecule has 2 rings (SSSR count). The van der Waals surface area contributed by atoms with Gasteiger partial charge in [0.15, 0.2) is 9.84 Å². The predicted octanol–water partition coefficient (Wildman–Crippen LogP) is 1.07. The summed E-state index contributed by atoms with van der Waals surface area (Å²) < 4.78 is 23.5. The van der Waals surface area contributed by atoms with E-state index < -0.39 is 9.84 Å². The first-order chi connectivity index (χ1) is 11.2. The summed E-state index contributed by atoms with van der Waals surface area (Å²) in [6.45, 7) is 8.02. The van der Waals surface area contributed by atoms with Crippen molar-refractivity contribution in [1.29, 1.82) is 0 Å². The van der Waals surface area contributed by atoms with Crippen LogP contribution in [0.4, 0.5) is 5.95 Å². The van der Waals surface area contributed by atoms with E-state index in [1.165, 1.54) is 4.90 Å². The maximum atomic E-state index is 12.9. The summed E-state index contributed by atoms with van der Waals surface area (Å²) in [7, 11) is -3.09. The maximum absolute atomic E-state index is 12.9. The third-order valence-electron chi connectivity index (χ3n) is 3.87. The number of aromatic nitrogens is 2. The monoisotopic (exact) mass is 352 g/mol. The van der Waals surface area contributed by atoms with Gasteiger partial charge in [-0.1, -0.05) is 19.9 Å². The fourth-order valence-corrected chi connectivity index (χ4v) is 4.59. The van der Waals surface area contributed by atoms with Crippen LogP contribution in [-0.4, -0.2) is 53.3 Å². The van der Waals surface area contributed by atoms with Crippen LogP contribution in [-0.2, 0) is 16.3 Å². The Hall–Kier alpha value is -1.96. The average Bonchev–Trinajstić information content (AvgIpc) is 2.82. The zero-order valence-electron chi connectivity index (χ0n) is 14.1. The molecule has 1 saturated heterocycles. The van der Waals surface area contributed by atoms with Crippen LogP contribution in [0.15, 0.2) is 18.7 Å². The van der Waals surface area contributed by atoms with Crippen molar-refractivity contribution < 1.29 is 13.2 Å². The van der Waals surface area contributed by atoms with Gasteiger partial charge in [-0.15, -0.1) is 6.58 Å². The number of hydrogen-bond donors (Lipinski definition) is 1. The van der Waals surface area contributed by atoms with Crippen molar-refractivity contribution in [1.82, 2.24) is 14.9 Å². The molecule has 1 unspecified atom stereocenters. The van der Waals surface area contributed by atoms with Crippen molar-refractivity contribution in [3.8, 4) is 0 Å². The highest BCUT2D eigenvalue weighted by atomic mass is 32.2. The number of amides is 1. The molecule has 1 fully saturated rings. The van der Waals surface area contributed by atoms with Gasteiger partial charge in [-0.25, -0.2) is 18.4 Å². The van der Waals surface area contributed by atoms with Crippen molar-refractivity contribution in [3.05, 3.63) is 30.1 Å². The number of sulfone groups is 1. The van der Waals surface area contributed by atoms with Gasteiger partial charge in [0.05, 0.1) is 11.5 Å². The number of nitrogens with zero attached hydrogens (tertiary/aromatic N) is 3. The van der Waals surface area contributed by atoms with Gasteiger partial charge in [0, 0.05) is 18.3 Å². The van der Waals surface area contributed by atoms with E-state index in [2.05, 4.69) is 16.5 Å². The average molecular weight is 352 g/mol. The van der Waals surface area contributed by atoms with E-state index in [0.29, 0.717) is 24.5 Å². The van der Waals surface area contributed by atoms with E-state index in [0.717, 1.165) is 0 Å². The number of nitrogen functional groups attached to an aromatic ring is 1. The van der Waals surface area contributed by atoms with E-state index in [4.69, 9.17) is 5.73 Å². The molecule has 1 amide bonds. The molecule has 7 nitrogen and oxygen atoms in total. The van der Waals surface area contributed by atoms with Gasteiger partial charge in [0.25, 0.3) is 5.91 Å². The molecule has 1 aromatic rings. The van der Waals surface area contributed by atoms with Gasteiger partial charge < -0.3 is 10.6 Å². The molecule has 0 bridgehead atoms. The molecule has 0 saturated carbocycles. The normalized spacial score (nSPS) is 19.4. The van der Waals surface area contributed by atoms with Gasteiger partial charge in [-0.3, -0.25) is 4.79 Å². The first-order valence-electron chi connectivity index (χ1n) is 7.97. The Labute approximate surface area is 142 Å². The standard InChI is InChI=1S/C16H24N4O3S/c1-4-6-20(13-5-7-24(22,23)10-13)15(21)14-9-12(8-11(2)3)18-16(17)19-14/h4,9,11,13H,1,5-8,10H2,2-3H3,(H2,17,18,19). The lowest BCUT2D eigenvalue weighted by Gasteiger charge is -2.26. The Kier molecular flexibility index (Phi) is 5.58. The van der Waals surface area contributed by atoms with Gasteiger partial charge >= 0.3 is 0 Å². The third-order valence-corrected chi connectivity index (χ3v) is 5.62. The zero-order valence-corrected chi connectivity index (χ0v) is 14.9. The fraction of sp³-hybridized carbons (Fsp3) is 0.562. The fourth-order valence-electron chi connectivity index (χ4n) is 2.86. The lowest BCUT2D eigenvalue weighted by Crippen LogP contribution is -2.41. The molecule has 0 radical (unpaired) electrons. The van der Waals surface area contributed by atoms with Gasteiger partial charge in [0.2, 0.25) is 5.95 Å².